The second kappa shape index (κ2) is 10.0. The van der Waals surface area contributed by atoms with E-state index >= 15 is 0 Å². The van der Waals surface area contributed by atoms with E-state index in [1.54, 1.807) is 12.1 Å². The van der Waals surface area contributed by atoms with Gasteiger partial charge in [-0.1, -0.05) is 38.1 Å². The number of aliphatic hydroxyl groups excluding tert-OH is 1. The largest absolute Gasteiger partial charge is 0.490 e. The lowest BCUT2D eigenvalue weighted by atomic mass is 10.0. The number of nitro benzene ring substituents is 1. The highest BCUT2D eigenvalue weighted by Crippen LogP contribution is 2.27. The van der Waals surface area contributed by atoms with Gasteiger partial charge in [-0.25, -0.2) is 0 Å². The van der Waals surface area contributed by atoms with Gasteiger partial charge >= 0.3 is 0 Å². The number of non-ortho nitro benzene ring substituents is 1. The van der Waals surface area contributed by atoms with E-state index in [1.165, 1.54) is 24.3 Å². The van der Waals surface area contributed by atoms with Crippen molar-refractivity contribution in [2.45, 2.75) is 26.0 Å². The number of nitrogens with zero attached hydrogens (tertiary/aromatic N) is 1. The molecule has 1 unspecified atom stereocenters. The number of carbonyl (C=O) groups excluding carboxylic acids is 1. The van der Waals surface area contributed by atoms with E-state index in [2.05, 4.69) is 10.6 Å². The number of benzene rings is 3. The molecule has 162 valence electrons. The van der Waals surface area contributed by atoms with Crippen LogP contribution in [0.25, 0.3) is 10.8 Å². The molecule has 8 heteroatoms. The van der Waals surface area contributed by atoms with Crippen molar-refractivity contribution < 1.29 is 19.6 Å². The lowest BCUT2D eigenvalue weighted by Crippen LogP contribution is -2.35. The molecule has 0 spiro atoms. The number of anilines is 1. The van der Waals surface area contributed by atoms with Crippen LogP contribution in [0.5, 0.6) is 5.75 Å². The molecule has 0 fully saturated rings. The first-order valence-electron chi connectivity index (χ1n) is 9.96. The van der Waals surface area contributed by atoms with E-state index in [0.29, 0.717) is 23.5 Å². The summed E-state index contributed by atoms with van der Waals surface area (Å²) in [6.45, 7) is 4.36. The minimum Gasteiger partial charge on any atom is -0.490 e. The van der Waals surface area contributed by atoms with Crippen LogP contribution < -0.4 is 15.4 Å². The highest BCUT2D eigenvalue weighted by atomic mass is 16.6. The van der Waals surface area contributed by atoms with Crippen LogP contribution in [0.4, 0.5) is 11.4 Å². The molecule has 0 aliphatic heterocycles. The average Bonchev–Trinajstić information content (AvgIpc) is 2.75. The Morgan fingerprint density at radius 2 is 1.74 bits per heavy atom. The normalized spacial score (nSPS) is 12.0. The molecule has 3 aromatic rings. The van der Waals surface area contributed by atoms with Gasteiger partial charge in [0, 0.05) is 30.4 Å². The smallest absolute Gasteiger partial charge is 0.269 e. The molecule has 3 rings (SSSR count). The fourth-order valence-electron chi connectivity index (χ4n) is 3.00. The van der Waals surface area contributed by atoms with Gasteiger partial charge in [0.1, 0.15) is 18.5 Å². The number of amides is 1. The first kappa shape index (κ1) is 22.2. The second-order valence-corrected chi connectivity index (χ2v) is 7.48. The van der Waals surface area contributed by atoms with Crippen LogP contribution in [0, 0.1) is 10.1 Å². The van der Waals surface area contributed by atoms with Gasteiger partial charge in [0.25, 0.3) is 11.6 Å². The molecular weight excluding hydrogens is 398 g/mol. The predicted octanol–water partition coefficient (Wildman–Crippen LogP) is 3.74. The molecule has 1 atom stereocenters. The van der Waals surface area contributed by atoms with Crippen LogP contribution in [0.15, 0.2) is 60.7 Å². The number of hydrogen-bond acceptors (Lipinski definition) is 6. The average molecular weight is 423 g/mol. The number of rotatable bonds is 9. The molecule has 0 aromatic heterocycles. The molecule has 3 aromatic carbocycles. The van der Waals surface area contributed by atoms with E-state index in [4.69, 9.17) is 4.74 Å². The zero-order chi connectivity index (χ0) is 22.4. The standard InChI is InChI=1S/C23H25N3O5/c1-15(2)24-13-20(27)14-31-22-12-17-6-4-3-5-16(17)11-21(22)23(28)25-18-7-9-19(10-8-18)26(29)30/h3-12,15,20,24,27H,13-14H2,1-2H3,(H,25,28). The Morgan fingerprint density at radius 1 is 1.10 bits per heavy atom. The van der Waals surface area contributed by atoms with Crippen molar-refractivity contribution in [3.05, 3.63) is 76.3 Å². The maximum absolute atomic E-state index is 13.0. The molecule has 31 heavy (non-hydrogen) atoms. The molecule has 0 radical (unpaired) electrons. The summed E-state index contributed by atoms with van der Waals surface area (Å²) in [4.78, 5) is 23.3. The first-order valence-corrected chi connectivity index (χ1v) is 9.96. The third kappa shape index (κ3) is 6.00. The summed E-state index contributed by atoms with van der Waals surface area (Å²) in [5.41, 5.74) is 0.675. The van der Waals surface area contributed by atoms with Gasteiger partial charge in [0.15, 0.2) is 0 Å². The summed E-state index contributed by atoms with van der Waals surface area (Å²) >= 11 is 0. The lowest BCUT2D eigenvalue weighted by Gasteiger charge is -2.17. The predicted molar refractivity (Wildman–Crippen MR) is 120 cm³/mol. The number of hydrogen-bond donors (Lipinski definition) is 3. The molecule has 0 saturated carbocycles. The molecule has 1 amide bonds. The van der Waals surface area contributed by atoms with E-state index in [1.807, 2.05) is 38.1 Å². The van der Waals surface area contributed by atoms with Crippen LogP contribution in [0.3, 0.4) is 0 Å². The van der Waals surface area contributed by atoms with Crippen molar-refractivity contribution in [2.24, 2.45) is 0 Å². The molecule has 3 N–H and O–H groups in total. The Kier molecular flexibility index (Phi) is 7.17. The topological polar surface area (TPSA) is 114 Å². The van der Waals surface area contributed by atoms with E-state index in [9.17, 15) is 20.0 Å². The third-order valence-electron chi connectivity index (χ3n) is 4.62. The van der Waals surface area contributed by atoms with Crippen LogP contribution in [-0.2, 0) is 0 Å². The zero-order valence-corrected chi connectivity index (χ0v) is 17.4. The summed E-state index contributed by atoms with van der Waals surface area (Å²) in [5, 5.41) is 28.6. The maximum atomic E-state index is 13.0. The summed E-state index contributed by atoms with van der Waals surface area (Å²) in [5.74, 6) is -0.0638. The van der Waals surface area contributed by atoms with Crippen molar-refractivity contribution in [1.29, 1.82) is 0 Å². The van der Waals surface area contributed by atoms with Crippen molar-refractivity contribution in [1.82, 2.24) is 5.32 Å². The Bertz CT molecular complexity index is 1070. The van der Waals surface area contributed by atoms with Gasteiger partial charge in [-0.3, -0.25) is 14.9 Å². The van der Waals surface area contributed by atoms with Gasteiger partial charge in [0.05, 0.1) is 10.5 Å². The monoisotopic (exact) mass is 423 g/mol. The molecule has 0 aliphatic carbocycles. The van der Waals surface area contributed by atoms with Gasteiger partial charge in [-0.05, 0) is 35.0 Å². The molecule has 0 bridgehead atoms. The van der Waals surface area contributed by atoms with Gasteiger partial charge in [-0.2, -0.15) is 0 Å². The Hall–Kier alpha value is -3.49. The summed E-state index contributed by atoms with van der Waals surface area (Å²) in [6.07, 6.45) is -0.737. The molecule has 8 nitrogen and oxygen atoms in total. The van der Waals surface area contributed by atoms with Gasteiger partial charge in [0.2, 0.25) is 0 Å². The molecule has 0 saturated heterocycles. The Labute approximate surface area is 180 Å². The zero-order valence-electron chi connectivity index (χ0n) is 17.4. The highest BCUT2D eigenvalue weighted by molar-refractivity contribution is 6.08. The van der Waals surface area contributed by atoms with Gasteiger partial charge < -0.3 is 20.5 Å². The van der Waals surface area contributed by atoms with Crippen LogP contribution in [0.2, 0.25) is 0 Å². The maximum Gasteiger partial charge on any atom is 0.269 e. The fraction of sp³-hybridized carbons (Fsp3) is 0.261. The number of fused-ring (bicyclic) bond motifs is 1. The first-order chi connectivity index (χ1) is 14.8. The van der Waals surface area contributed by atoms with E-state index in [-0.39, 0.29) is 18.3 Å². The minimum absolute atomic E-state index is 0.0237. The number of nitro groups is 1. The van der Waals surface area contributed by atoms with Crippen LogP contribution >= 0.6 is 0 Å². The Balaban J connectivity index is 1.82. The minimum atomic E-state index is -0.737. The molecule has 0 heterocycles. The summed E-state index contributed by atoms with van der Waals surface area (Å²) < 4.78 is 5.81. The van der Waals surface area contributed by atoms with Crippen molar-refractivity contribution in [3.8, 4) is 5.75 Å². The van der Waals surface area contributed by atoms with Crippen LogP contribution in [0.1, 0.15) is 24.2 Å². The lowest BCUT2D eigenvalue weighted by molar-refractivity contribution is -0.384. The summed E-state index contributed by atoms with van der Waals surface area (Å²) in [7, 11) is 0. The number of ether oxygens (including phenoxy) is 1. The Morgan fingerprint density at radius 3 is 2.35 bits per heavy atom. The third-order valence-corrected chi connectivity index (χ3v) is 4.62. The van der Waals surface area contributed by atoms with Gasteiger partial charge in [-0.15, -0.1) is 0 Å². The highest BCUT2D eigenvalue weighted by Gasteiger charge is 2.17. The summed E-state index contributed by atoms with van der Waals surface area (Å²) in [6, 6.07) is 16.9. The van der Waals surface area contributed by atoms with Crippen LogP contribution in [-0.4, -0.2) is 41.2 Å². The second-order valence-electron chi connectivity index (χ2n) is 7.48. The fourth-order valence-corrected chi connectivity index (χ4v) is 3.00. The van der Waals surface area contributed by atoms with Crippen molar-refractivity contribution >= 4 is 28.1 Å². The van der Waals surface area contributed by atoms with Crippen molar-refractivity contribution in [3.63, 3.8) is 0 Å². The van der Waals surface area contributed by atoms with E-state index < -0.39 is 16.9 Å². The SMILES string of the molecule is CC(C)NCC(O)COc1cc2ccccc2cc1C(=O)Nc1ccc([N+](=O)[O-])cc1. The van der Waals surface area contributed by atoms with Crippen molar-refractivity contribution in [2.75, 3.05) is 18.5 Å². The molecule has 0 aliphatic rings. The molecular formula is C23H25N3O5. The quantitative estimate of drug-likeness (QED) is 0.357. The van der Waals surface area contributed by atoms with E-state index in [0.717, 1.165) is 10.8 Å². The number of aliphatic hydroxyl groups is 1. The number of carbonyl (C=O) groups is 1. The number of nitrogens with one attached hydrogen (secondary N) is 2.